The monoisotopic (exact) mass is 308 g/mol. The molecule has 1 aliphatic heterocycles. The highest BCUT2D eigenvalue weighted by Gasteiger charge is 2.19. The van der Waals surface area contributed by atoms with Gasteiger partial charge in [-0.3, -0.25) is 14.6 Å². The van der Waals surface area contributed by atoms with E-state index in [1.165, 1.54) is 17.8 Å². The molecule has 0 saturated heterocycles. The molecule has 3 aromatic rings. The summed E-state index contributed by atoms with van der Waals surface area (Å²) in [6.45, 7) is 3.47. The first-order valence-electron chi connectivity index (χ1n) is 7.73. The number of halogens is 1. The van der Waals surface area contributed by atoms with Crippen molar-refractivity contribution < 1.29 is 4.39 Å². The quantitative estimate of drug-likeness (QED) is 0.745. The van der Waals surface area contributed by atoms with E-state index in [9.17, 15) is 4.39 Å². The lowest BCUT2D eigenvalue weighted by Gasteiger charge is -2.27. The van der Waals surface area contributed by atoms with Gasteiger partial charge in [-0.1, -0.05) is 18.2 Å². The summed E-state index contributed by atoms with van der Waals surface area (Å²) in [5, 5.41) is 4.65. The number of benzene rings is 1. The van der Waals surface area contributed by atoms with E-state index in [4.69, 9.17) is 0 Å². The molecule has 0 amide bonds. The van der Waals surface area contributed by atoms with Crippen LogP contribution in [0.15, 0.2) is 54.7 Å². The van der Waals surface area contributed by atoms with E-state index in [0.29, 0.717) is 0 Å². The zero-order valence-corrected chi connectivity index (χ0v) is 12.7. The van der Waals surface area contributed by atoms with Gasteiger partial charge in [0.05, 0.1) is 17.9 Å². The van der Waals surface area contributed by atoms with Crippen molar-refractivity contribution in [2.75, 3.05) is 6.54 Å². The van der Waals surface area contributed by atoms with Crippen molar-refractivity contribution >= 4 is 0 Å². The highest BCUT2D eigenvalue weighted by atomic mass is 19.1. The molecular weight excluding hydrogens is 291 g/mol. The number of hydrogen-bond donors (Lipinski definition) is 0. The van der Waals surface area contributed by atoms with Crippen LogP contribution in [0.3, 0.4) is 0 Å². The van der Waals surface area contributed by atoms with Crippen LogP contribution in [0.4, 0.5) is 4.39 Å². The maximum atomic E-state index is 13.0. The van der Waals surface area contributed by atoms with Gasteiger partial charge in [-0.2, -0.15) is 5.10 Å². The summed E-state index contributed by atoms with van der Waals surface area (Å²) < 4.78 is 15.1. The Kier molecular flexibility index (Phi) is 3.63. The van der Waals surface area contributed by atoms with E-state index in [0.717, 1.165) is 43.1 Å². The lowest BCUT2D eigenvalue weighted by molar-refractivity contribution is 0.205. The van der Waals surface area contributed by atoms with Crippen LogP contribution in [0.5, 0.6) is 0 Å². The first kappa shape index (κ1) is 14.1. The fourth-order valence-corrected chi connectivity index (χ4v) is 2.94. The molecular formula is C18H17FN4. The van der Waals surface area contributed by atoms with Crippen molar-refractivity contribution in [1.29, 1.82) is 0 Å². The van der Waals surface area contributed by atoms with Crippen LogP contribution in [-0.2, 0) is 19.6 Å². The van der Waals surface area contributed by atoms with E-state index >= 15 is 0 Å². The minimum atomic E-state index is -0.189. The van der Waals surface area contributed by atoms with Crippen LogP contribution < -0.4 is 0 Å². The van der Waals surface area contributed by atoms with Crippen LogP contribution in [-0.4, -0.2) is 26.2 Å². The van der Waals surface area contributed by atoms with Gasteiger partial charge in [0.15, 0.2) is 0 Å². The minimum Gasteiger partial charge on any atom is -0.291 e. The summed E-state index contributed by atoms with van der Waals surface area (Å²) in [6, 6.07) is 14.7. The van der Waals surface area contributed by atoms with E-state index < -0.39 is 0 Å². The molecule has 0 atom stereocenters. The van der Waals surface area contributed by atoms with Crippen LogP contribution in [0.1, 0.15) is 11.3 Å². The molecule has 1 aliphatic rings. The smallest absolute Gasteiger partial charge is 0.123 e. The predicted octanol–water partition coefficient (Wildman–Crippen LogP) is 3.10. The zero-order chi connectivity index (χ0) is 15.6. The Balaban J connectivity index is 1.51. The van der Waals surface area contributed by atoms with E-state index in [1.807, 2.05) is 30.3 Å². The maximum absolute atomic E-state index is 13.0. The second-order valence-electron chi connectivity index (χ2n) is 5.80. The van der Waals surface area contributed by atoms with Gasteiger partial charge in [0.1, 0.15) is 11.5 Å². The molecule has 0 spiro atoms. The highest BCUT2D eigenvalue weighted by molar-refractivity contribution is 5.54. The molecule has 3 heterocycles. The number of pyridine rings is 1. The van der Waals surface area contributed by atoms with Crippen molar-refractivity contribution in [3.8, 4) is 11.4 Å². The van der Waals surface area contributed by atoms with Crippen molar-refractivity contribution in [3.63, 3.8) is 0 Å². The summed E-state index contributed by atoms with van der Waals surface area (Å²) in [6.07, 6.45) is 1.79. The summed E-state index contributed by atoms with van der Waals surface area (Å²) in [7, 11) is 0. The predicted molar refractivity (Wildman–Crippen MR) is 86.0 cm³/mol. The molecule has 1 aromatic carbocycles. The number of fused-ring (bicyclic) bond motifs is 1. The van der Waals surface area contributed by atoms with Crippen molar-refractivity contribution in [2.45, 2.75) is 19.6 Å². The van der Waals surface area contributed by atoms with Gasteiger partial charge in [0.2, 0.25) is 0 Å². The maximum Gasteiger partial charge on any atom is 0.123 e. The normalized spacial score (nSPS) is 14.7. The summed E-state index contributed by atoms with van der Waals surface area (Å²) in [4.78, 5) is 6.72. The SMILES string of the molecule is Fc1ccc(CN2CCn3nc(-c4ccccn4)cc3C2)cc1. The first-order chi connectivity index (χ1) is 11.3. The molecule has 0 saturated carbocycles. The molecule has 0 N–H and O–H groups in total. The van der Waals surface area contributed by atoms with Crippen LogP contribution >= 0.6 is 0 Å². The van der Waals surface area contributed by atoms with Gasteiger partial charge in [0, 0.05) is 25.8 Å². The summed E-state index contributed by atoms with van der Waals surface area (Å²) in [5.41, 5.74) is 4.15. The molecule has 2 aromatic heterocycles. The Hall–Kier alpha value is -2.53. The topological polar surface area (TPSA) is 34.0 Å². The molecule has 4 rings (SSSR count). The van der Waals surface area contributed by atoms with Crippen molar-refractivity contribution in [2.24, 2.45) is 0 Å². The van der Waals surface area contributed by atoms with Gasteiger partial charge in [-0.25, -0.2) is 4.39 Å². The molecule has 0 aliphatic carbocycles. The van der Waals surface area contributed by atoms with Gasteiger partial charge in [-0.05, 0) is 35.9 Å². The Bertz CT molecular complexity index is 796. The second kappa shape index (κ2) is 5.93. The Morgan fingerprint density at radius 2 is 1.87 bits per heavy atom. The number of nitrogens with zero attached hydrogens (tertiary/aromatic N) is 4. The fraction of sp³-hybridized carbons (Fsp3) is 0.222. The van der Waals surface area contributed by atoms with Crippen molar-refractivity contribution in [3.05, 3.63) is 71.8 Å². The van der Waals surface area contributed by atoms with E-state index in [-0.39, 0.29) is 5.82 Å². The van der Waals surface area contributed by atoms with E-state index in [1.54, 1.807) is 6.20 Å². The largest absolute Gasteiger partial charge is 0.291 e. The average molecular weight is 308 g/mol. The van der Waals surface area contributed by atoms with Crippen LogP contribution in [0.25, 0.3) is 11.4 Å². The van der Waals surface area contributed by atoms with Gasteiger partial charge >= 0.3 is 0 Å². The number of hydrogen-bond acceptors (Lipinski definition) is 3. The number of rotatable bonds is 3. The third-order valence-corrected chi connectivity index (χ3v) is 4.12. The molecule has 4 nitrogen and oxygen atoms in total. The fourth-order valence-electron chi connectivity index (χ4n) is 2.94. The molecule has 116 valence electrons. The molecule has 0 bridgehead atoms. The number of aromatic nitrogens is 3. The minimum absolute atomic E-state index is 0.189. The summed E-state index contributed by atoms with van der Waals surface area (Å²) >= 11 is 0. The zero-order valence-electron chi connectivity index (χ0n) is 12.7. The van der Waals surface area contributed by atoms with Crippen molar-refractivity contribution in [1.82, 2.24) is 19.7 Å². The summed E-state index contributed by atoms with van der Waals surface area (Å²) in [5.74, 6) is -0.189. The third kappa shape index (κ3) is 3.00. The molecule has 0 radical (unpaired) electrons. The average Bonchev–Trinajstić information content (AvgIpc) is 3.01. The Morgan fingerprint density at radius 3 is 2.65 bits per heavy atom. The van der Waals surface area contributed by atoms with Crippen LogP contribution in [0.2, 0.25) is 0 Å². The van der Waals surface area contributed by atoms with E-state index in [2.05, 4.69) is 25.7 Å². The second-order valence-corrected chi connectivity index (χ2v) is 5.80. The first-order valence-corrected chi connectivity index (χ1v) is 7.73. The standard InChI is InChI=1S/C18H17FN4/c19-15-6-4-14(5-7-15)12-22-9-10-23-16(13-22)11-18(21-23)17-3-1-2-8-20-17/h1-8,11H,9-10,12-13H2. The lowest BCUT2D eigenvalue weighted by Crippen LogP contribution is -2.33. The Labute approximate surface area is 134 Å². The van der Waals surface area contributed by atoms with Gasteiger partial charge in [0.25, 0.3) is 0 Å². The van der Waals surface area contributed by atoms with Crippen LogP contribution in [0, 0.1) is 5.82 Å². The third-order valence-electron chi connectivity index (χ3n) is 4.12. The molecule has 0 fully saturated rings. The van der Waals surface area contributed by atoms with Gasteiger partial charge in [-0.15, -0.1) is 0 Å². The molecule has 5 heteroatoms. The lowest BCUT2D eigenvalue weighted by atomic mass is 10.2. The highest BCUT2D eigenvalue weighted by Crippen LogP contribution is 2.21. The molecule has 23 heavy (non-hydrogen) atoms. The Morgan fingerprint density at radius 1 is 1.00 bits per heavy atom. The van der Waals surface area contributed by atoms with Gasteiger partial charge < -0.3 is 0 Å². The molecule has 0 unspecified atom stereocenters.